The summed E-state index contributed by atoms with van der Waals surface area (Å²) in [5, 5.41) is 0. The van der Waals surface area contributed by atoms with Crippen LogP contribution in [0.25, 0.3) is 0 Å². The van der Waals surface area contributed by atoms with E-state index in [1.54, 1.807) is 11.3 Å². The molecule has 1 aromatic rings. The third-order valence-electron chi connectivity index (χ3n) is 4.50. The number of halogens is 2. The molecule has 0 atom stereocenters. The van der Waals surface area contributed by atoms with E-state index in [4.69, 9.17) is 0 Å². The number of rotatable bonds is 3. The summed E-state index contributed by atoms with van der Waals surface area (Å²) in [6.07, 6.45) is 4.71. The third-order valence-corrected chi connectivity index (χ3v) is 6.84. The molecule has 0 N–H and O–H groups in total. The Bertz CT molecular complexity index is 458. The summed E-state index contributed by atoms with van der Waals surface area (Å²) >= 11 is 8.46. The molecule has 0 saturated carbocycles. The number of nitrogens with zero attached hydrogens (tertiary/aromatic N) is 1. The maximum Gasteiger partial charge on any atom is 0.255 e. The van der Waals surface area contributed by atoms with Crippen molar-refractivity contribution in [1.29, 1.82) is 0 Å². The lowest BCUT2D eigenvalue weighted by Gasteiger charge is -2.41. The van der Waals surface area contributed by atoms with Crippen LogP contribution in [0.15, 0.2) is 13.6 Å². The SMILES string of the molecule is CCC1(CC)CCN(C(=O)c2cc(Br)sc2Br)CC1. The number of hydrogen-bond donors (Lipinski definition) is 0. The van der Waals surface area contributed by atoms with E-state index >= 15 is 0 Å². The molecule has 1 saturated heterocycles. The Labute approximate surface area is 135 Å². The maximum absolute atomic E-state index is 12.5. The Kier molecular flexibility index (Phi) is 5.12. The molecular formula is C14H19Br2NOS. The molecule has 1 aliphatic rings. The first-order valence-corrected chi connectivity index (χ1v) is 9.15. The van der Waals surface area contributed by atoms with E-state index in [1.165, 1.54) is 12.8 Å². The quantitative estimate of drug-likeness (QED) is 0.662. The summed E-state index contributed by atoms with van der Waals surface area (Å²) in [5.74, 6) is 0.162. The van der Waals surface area contributed by atoms with Crippen molar-refractivity contribution in [2.45, 2.75) is 39.5 Å². The highest BCUT2D eigenvalue weighted by atomic mass is 79.9. The standard InChI is InChI=1S/C14H19Br2NOS/c1-3-14(4-2)5-7-17(8-6-14)13(18)10-9-11(15)19-12(10)16/h9H,3-8H2,1-2H3. The van der Waals surface area contributed by atoms with Crippen LogP contribution in [0, 0.1) is 5.41 Å². The highest BCUT2D eigenvalue weighted by Crippen LogP contribution is 2.39. The van der Waals surface area contributed by atoms with E-state index in [1.807, 2.05) is 11.0 Å². The predicted octanol–water partition coefficient (Wildman–Crippen LogP) is 5.32. The van der Waals surface area contributed by atoms with Crippen molar-refractivity contribution in [3.05, 3.63) is 19.2 Å². The van der Waals surface area contributed by atoms with Crippen molar-refractivity contribution in [3.8, 4) is 0 Å². The van der Waals surface area contributed by atoms with E-state index in [0.29, 0.717) is 5.41 Å². The van der Waals surface area contributed by atoms with Gasteiger partial charge in [0.05, 0.1) is 13.1 Å². The van der Waals surface area contributed by atoms with Crippen LogP contribution in [0.1, 0.15) is 49.9 Å². The molecule has 1 aliphatic heterocycles. The average molecular weight is 409 g/mol. The second-order valence-electron chi connectivity index (χ2n) is 5.24. The molecule has 0 unspecified atom stereocenters. The maximum atomic E-state index is 12.5. The molecule has 0 aliphatic carbocycles. The predicted molar refractivity (Wildman–Crippen MR) is 87.9 cm³/mol. The minimum absolute atomic E-state index is 0.162. The molecule has 0 aromatic carbocycles. The number of thiophene rings is 1. The summed E-state index contributed by atoms with van der Waals surface area (Å²) in [5.41, 5.74) is 1.25. The molecule has 0 radical (unpaired) electrons. The van der Waals surface area contributed by atoms with Crippen molar-refractivity contribution < 1.29 is 4.79 Å². The van der Waals surface area contributed by atoms with Gasteiger partial charge in [-0.05, 0) is 56.2 Å². The largest absolute Gasteiger partial charge is 0.339 e. The average Bonchev–Trinajstić information content (AvgIpc) is 2.77. The van der Waals surface area contributed by atoms with Gasteiger partial charge in [-0.2, -0.15) is 0 Å². The van der Waals surface area contributed by atoms with E-state index in [9.17, 15) is 4.79 Å². The van der Waals surface area contributed by atoms with Crippen LogP contribution in [0.4, 0.5) is 0 Å². The molecule has 19 heavy (non-hydrogen) atoms. The summed E-state index contributed by atoms with van der Waals surface area (Å²) in [6, 6.07) is 1.92. The molecule has 106 valence electrons. The van der Waals surface area contributed by atoms with Gasteiger partial charge in [-0.3, -0.25) is 4.79 Å². The lowest BCUT2D eigenvalue weighted by atomic mass is 9.74. The Morgan fingerprint density at radius 3 is 2.32 bits per heavy atom. The lowest BCUT2D eigenvalue weighted by molar-refractivity contribution is 0.0557. The van der Waals surface area contributed by atoms with Crippen molar-refractivity contribution in [3.63, 3.8) is 0 Å². The van der Waals surface area contributed by atoms with Gasteiger partial charge in [0.2, 0.25) is 0 Å². The number of amides is 1. The van der Waals surface area contributed by atoms with E-state index in [0.717, 1.165) is 39.1 Å². The van der Waals surface area contributed by atoms with Crippen LogP contribution in [0.5, 0.6) is 0 Å². The van der Waals surface area contributed by atoms with Gasteiger partial charge in [0.15, 0.2) is 0 Å². The van der Waals surface area contributed by atoms with Gasteiger partial charge in [0.25, 0.3) is 5.91 Å². The highest BCUT2D eigenvalue weighted by molar-refractivity contribution is 9.12. The Morgan fingerprint density at radius 2 is 1.89 bits per heavy atom. The molecule has 2 heterocycles. The van der Waals surface area contributed by atoms with Crippen LogP contribution in [0.2, 0.25) is 0 Å². The summed E-state index contributed by atoms with van der Waals surface area (Å²) in [6.45, 7) is 6.32. The lowest BCUT2D eigenvalue weighted by Crippen LogP contribution is -2.42. The Morgan fingerprint density at radius 1 is 1.32 bits per heavy atom. The number of carbonyl (C=O) groups excluding carboxylic acids is 1. The van der Waals surface area contributed by atoms with Crippen molar-refractivity contribution in [1.82, 2.24) is 4.90 Å². The first-order valence-electron chi connectivity index (χ1n) is 6.75. The fourth-order valence-corrected chi connectivity index (χ4v) is 5.58. The summed E-state index contributed by atoms with van der Waals surface area (Å²) < 4.78 is 1.92. The number of likely N-dealkylation sites (tertiary alicyclic amines) is 1. The van der Waals surface area contributed by atoms with Crippen LogP contribution in [-0.4, -0.2) is 23.9 Å². The van der Waals surface area contributed by atoms with Gasteiger partial charge >= 0.3 is 0 Å². The minimum atomic E-state index is 0.162. The molecule has 1 aromatic heterocycles. The van der Waals surface area contributed by atoms with E-state index in [2.05, 4.69) is 45.7 Å². The number of hydrogen-bond acceptors (Lipinski definition) is 2. The fraction of sp³-hybridized carbons (Fsp3) is 0.643. The molecule has 2 nitrogen and oxygen atoms in total. The van der Waals surface area contributed by atoms with Crippen LogP contribution >= 0.6 is 43.2 Å². The smallest absolute Gasteiger partial charge is 0.255 e. The normalized spacial score (nSPS) is 18.6. The first kappa shape index (κ1) is 15.5. The summed E-state index contributed by atoms with van der Waals surface area (Å²) in [4.78, 5) is 14.5. The second kappa shape index (κ2) is 6.27. The zero-order valence-corrected chi connectivity index (χ0v) is 15.3. The minimum Gasteiger partial charge on any atom is -0.339 e. The van der Waals surface area contributed by atoms with E-state index < -0.39 is 0 Å². The van der Waals surface area contributed by atoms with Gasteiger partial charge in [-0.25, -0.2) is 0 Å². The van der Waals surface area contributed by atoms with Crippen molar-refractivity contribution in [2.24, 2.45) is 5.41 Å². The molecule has 2 rings (SSSR count). The third kappa shape index (κ3) is 3.24. The number of carbonyl (C=O) groups is 1. The Hall–Kier alpha value is 0.130. The van der Waals surface area contributed by atoms with E-state index in [-0.39, 0.29) is 5.91 Å². The van der Waals surface area contributed by atoms with Gasteiger partial charge in [0, 0.05) is 13.1 Å². The first-order chi connectivity index (χ1) is 9.01. The van der Waals surface area contributed by atoms with Gasteiger partial charge in [0.1, 0.15) is 0 Å². The number of piperidine rings is 1. The zero-order chi connectivity index (χ0) is 14.0. The monoisotopic (exact) mass is 407 g/mol. The van der Waals surface area contributed by atoms with Crippen LogP contribution in [-0.2, 0) is 0 Å². The van der Waals surface area contributed by atoms with Gasteiger partial charge in [-0.1, -0.05) is 26.7 Å². The van der Waals surface area contributed by atoms with Gasteiger partial charge in [-0.15, -0.1) is 11.3 Å². The van der Waals surface area contributed by atoms with Crippen LogP contribution in [0.3, 0.4) is 0 Å². The van der Waals surface area contributed by atoms with Gasteiger partial charge < -0.3 is 4.90 Å². The Balaban J connectivity index is 2.06. The second-order valence-corrected chi connectivity index (χ2v) is 8.99. The van der Waals surface area contributed by atoms with Crippen molar-refractivity contribution >= 4 is 49.1 Å². The highest BCUT2D eigenvalue weighted by Gasteiger charge is 2.33. The topological polar surface area (TPSA) is 20.3 Å². The molecule has 1 fully saturated rings. The van der Waals surface area contributed by atoms with Crippen LogP contribution < -0.4 is 0 Å². The fourth-order valence-electron chi connectivity index (χ4n) is 2.80. The molecule has 1 amide bonds. The van der Waals surface area contributed by atoms with Crippen molar-refractivity contribution in [2.75, 3.05) is 13.1 Å². The molecule has 0 bridgehead atoms. The molecular weight excluding hydrogens is 390 g/mol. The zero-order valence-electron chi connectivity index (χ0n) is 11.3. The molecule has 5 heteroatoms. The summed E-state index contributed by atoms with van der Waals surface area (Å²) in [7, 11) is 0. The molecule has 0 spiro atoms.